The lowest BCUT2D eigenvalue weighted by molar-refractivity contribution is 0.0692. The third-order valence-electron chi connectivity index (χ3n) is 2.79. The van der Waals surface area contributed by atoms with Crippen LogP contribution in [0.2, 0.25) is 5.02 Å². The van der Waals surface area contributed by atoms with Gasteiger partial charge in [0, 0.05) is 19.2 Å². The lowest BCUT2D eigenvalue weighted by Gasteiger charge is -2.08. The zero-order valence-corrected chi connectivity index (χ0v) is 11.8. The number of carboxylic acids is 1. The van der Waals surface area contributed by atoms with Crippen LogP contribution in [0.15, 0.2) is 30.5 Å². The Kier molecular flexibility index (Phi) is 4.63. The van der Waals surface area contributed by atoms with Crippen molar-refractivity contribution in [2.24, 2.45) is 0 Å². The van der Waals surface area contributed by atoms with E-state index in [1.165, 1.54) is 6.07 Å². The largest absolute Gasteiger partial charge is 0.493 e. The minimum Gasteiger partial charge on any atom is -0.493 e. The number of halogens is 1. The van der Waals surface area contributed by atoms with E-state index in [0.717, 1.165) is 5.69 Å². The van der Waals surface area contributed by atoms with Crippen molar-refractivity contribution in [3.63, 3.8) is 0 Å². The van der Waals surface area contributed by atoms with E-state index in [1.54, 1.807) is 29.1 Å². The number of ether oxygens (including phenoxy) is 1. The SMILES string of the molecule is Cc1nn(CCCOc2ccccc2C(=O)O)cc1Cl. The highest BCUT2D eigenvalue weighted by atomic mass is 35.5. The Bertz CT molecular complexity index is 591. The molecule has 0 fully saturated rings. The lowest BCUT2D eigenvalue weighted by atomic mass is 10.2. The topological polar surface area (TPSA) is 64.4 Å². The van der Waals surface area contributed by atoms with E-state index < -0.39 is 5.97 Å². The van der Waals surface area contributed by atoms with Crippen LogP contribution >= 0.6 is 11.6 Å². The number of hydrogen-bond donors (Lipinski definition) is 1. The van der Waals surface area contributed by atoms with Gasteiger partial charge in [-0.2, -0.15) is 5.10 Å². The molecule has 0 saturated heterocycles. The second kappa shape index (κ2) is 6.43. The second-order valence-electron chi connectivity index (χ2n) is 4.33. The van der Waals surface area contributed by atoms with Gasteiger partial charge in [0.05, 0.1) is 17.3 Å². The van der Waals surface area contributed by atoms with Crippen molar-refractivity contribution in [3.05, 3.63) is 46.7 Å². The Morgan fingerprint density at radius 1 is 1.45 bits per heavy atom. The third kappa shape index (κ3) is 3.51. The van der Waals surface area contributed by atoms with Crippen LogP contribution in [-0.2, 0) is 6.54 Å². The highest BCUT2D eigenvalue weighted by Crippen LogP contribution is 2.18. The molecule has 6 heteroatoms. The maximum absolute atomic E-state index is 11.0. The molecule has 5 nitrogen and oxygen atoms in total. The monoisotopic (exact) mass is 294 g/mol. The average Bonchev–Trinajstić information content (AvgIpc) is 2.74. The van der Waals surface area contributed by atoms with Crippen molar-refractivity contribution in [1.29, 1.82) is 0 Å². The molecule has 0 aliphatic carbocycles. The van der Waals surface area contributed by atoms with Crippen molar-refractivity contribution in [3.8, 4) is 5.75 Å². The molecule has 1 N–H and O–H groups in total. The number of hydrogen-bond acceptors (Lipinski definition) is 3. The molecule has 106 valence electrons. The highest BCUT2D eigenvalue weighted by molar-refractivity contribution is 6.31. The molecule has 2 rings (SSSR count). The summed E-state index contributed by atoms with van der Waals surface area (Å²) in [6, 6.07) is 6.59. The maximum Gasteiger partial charge on any atom is 0.339 e. The van der Waals surface area contributed by atoms with Crippen LogP contribution in [0.1, 0.15) is 22.5 Å². The van der Waals surface area contributed by atoms with E-state index in [0.29, 0.717) is 30.3 Å². The molecule has 0 spiro atoms. The number of benzene rings is 1. The first-order valence-corrected chi connectivity index (χ1v) is 6.60. The predicted molar refractivity (Wildman–Crippen MR) is 75.5 cm³/mol. The molecule has 1 aromatic heterocycles. The molecule has 0 aliphatic heterocycles. The fraction of sp³-hybridized carbons (Fsp3) is 0.286. The molecule has 0 aliphatic rings. The molecule has 0 saturated carbocycles. The smallest absolute Gasteiger partial charge is 0.339 e. The summed E-state index contributed by atoms with van der Waals surface area (Å²) in [4.78, 5) is 11.0. The minimum atomic E-state index is -0.991. The molecule has 1 aromatic carbocycles. The quantitative estimate of drug-likeness (QED) is 0.832. The molecule has 0 amide bonds. The Morgan fingerprint density at radius 3 is 2.85 bits per heavy atom. The zero-order chi connectivity index (χ0) is 14.5. The number of rotatable bonds is 6. The van der Waals surface area contributed by atoms with E-state index in [9.17, 15) is 4.79 Å². The Labute approximate surface area is 121 Å². The van der Waals surface area contributed by atoms with Crippen LogP contribution < -0.4 is 4.74 Å². The molecule has 0 radical (unpaired) electrons. The number of carbonyl (C=O) groups is 1. The molecule has 0 atom stereocenters. The van der Waals surface area contributed by atoms with Crippen LogP contribution in [0.3, 0.4) is 0 Å². The van der Waals surface area contributed by atoms with E-state index >= 15 is 0 Å². The first-order chi connectivity index (χ1) is 9.58. The van der Waals surface area contributed by atoms with E-state index in [-0.39, 0.29) is 5.56 Å². The molecule has 20 heavy (non-hydrogen) atoms. The van der Waals surface area contributed by atoms with Crippen molar-refractivity contribution < 1.29 is 14.6 Å². The average molecular weight is 295 g/mol. The summed E-state index contributed by atoms with van der Waals surface area (Å²) >= 11 is 5.91. The summed E-state index contributed by atoms with van der Waals surface area (Å²) < 4.78 is 7.26. The normalized spacial score (nSPS) is 10.5. The van der Waals surface area contributed by atoms with Gasteiger partial charge in [0.2, 0.25) is 0 Å². The van der Waals surface area contributed by atoms with Gasteiger partial charge < -0.3 is 9.84 Å². The van der Waals surface area contributed by atoms with Gasteiger partial charge in [0.1, 0.15) is 11.3 Å². The van der Waals surface area contributed by atoms with Crippen molar-refractivity contribution >= 4 is 17.6 Å². The van der Waals surface area contributed by atoms with Crippen LogP contribution in [0.5, 0.6) is 5.75 Å². The van der Waals surface area contributed by atoms with Gasteiger partial charge in [-0.25, -0.2) is 4.79 Å². The molecular weight excluding hydrogens is 280 g/mol. The van der Waals surface area contributed by atoms with E-state index in [4.69, 9.17) is 21.4 Å². The van der Waals surface area contributed by atoms with Gasteiger partial charge in [0.25, 0.3) is 0 Å². The number of para-hydroxylation sites is 1. The summed E-state index contributed by atoms with van der Waals surface area (Å²) in [5.74, 6) is -0.607. The number of aromatic nitrogens is 2. The Balaban J connectivity index is 1.86. The van der Waals surface area contributed by atoms with Crippen molar-refractivity contribution in [1.82, 2.24) is 9.78 Å². The summed E-state index contributed by atoms with van der Waals surface area (Å²) in [5, 5.41) is 13.9. The van der Waals surface area contributed by atoms with Gasteiger partial charge >= 0.3 is 5.97 Å². The molecule has 1 heterocycles. The summed E-state index contributed by atoms with van der Waals surface area (Å²) in [5.41, 5.74) is 0.967. The van der Waals surface area contributed by atoms with Crippen LogP contribution in [0, 0.1) is 6.92 Å². The predicted octanol–water partition coefficient (Wildman–Crippen LogP) is 3.01. The minimum absolute atomic E-state index is 0.172. The summed E-state index contributed by atoms with van der Waals surface area (Å²) in [7, 11) is 0. The first kappa shape index (κ1) is 14.4. The highest BCUT2D eigenvalue weighted by Gasteiger charge is 2.09. The zero-order valence-electron chi connectivity index (χ0n) is 11.0. The Hall–Kier alpha value is -2.01. The fourth-order valence-corrected chi connectivity index (χ4v) is 1.94. The van der Waals surface area contributed by atoms with Crippen molar-refractivity contribution in [2.75, 3.05) is 6.61 Å². The van der Waals surface area contributed by atoms with Gasteiger partial charge in [-0.3, -0.25) is 4.68 Å². The fourth-order valence-electron chi connectivity index (χ4n) is 1.79. The molecule has 0 unspecified atom stereocenters. The third-order valence-corrected chi connectivity index (χ3v) is 3.16. The van der Waals surface area contributed by atoms with Crippen LogP contribution in [0.25, 0.3) is 0 Å². The first-order valence-electron chi connectivity index (χ1n) is 6.22. The van der Waals surface area contributed by atoms with Gasteiger partial charge in [-0.1, -0.05) is 23.7 Å². The molecule has 0 bridgehead atoms. The lowest BCUT2D eigenvalue weighted by Crippen LogP contribution is -2.07. The summed E-state index contributed by atoms with van der Waals surface area (Å²) in [6.45, 7) is 2.93. The van der Waals surface area contributed by atoms with E-state index in [2.05, 4.69) is 5.10 Å². The van der Waals surface area contributed by atoms with E-state index in [1.807, 2.05) is 6.92 Å². The van der Waals surface area contributed by atoms with Crippen LogP contribution in [0.4, 0.5) is 0 Å². The van der Waals surface area contributed by atoms with Crippen LogP contribution in [-0.4, -0.2) is 27.5 Å². The molecular formula is C14H15ClN2O3. The standard InChI is InChI=1S/C14H15ClN2O3/c1-10-12(15)9-17(16-10)7-4-8-20-13-6-3-2-5-11(13)14(18)19/h2-3,5-6,9H,4,7-8H2,1H3,(H,18,19). The number of aryl methyl sites for hydroxylation is 2. The molecule has 2 aromatic rings. The number of nitrogens with zero attached hydrogens (tertiary/aromatic N) is 2. The second-order valence-corrected chi connectivity index (χ2v) is 4.74. The Morgan fingerprint density at radius 2 is 2.20 bits per heavy atom. The number of carboxylic acid groups (broad SMARTS) is 1. The maximum atomic E-state index is 11.0. The van der Waals surface area contributed by atoms with Gasteiger partial charge in [0.15, 0.2) is 0 Å². The van der Waals surface area contributed by atoms with Gasteiger partial charge in [-0.05, 0) is 19.1 Å². The van der Waals surface area contributed by atoms with Gasteiger partial charge in [-0.15, -0.1) is 0 Å². The number of aromatic carboxylic acids is 1. The summed E-state index contributed by atoms with van der Waals surface area (Å²) in [6.07, 6.45) is 2.48. The van der Waals surface area contributed by atoms with Crippen molar-refractivity contribution in [2.45, 2.75) is 19.9 Å².